The maximum atomic E-state index is 12.5. The van der Waals surface area contributed by atoms with Gasteiger partial charge in [-0.25, -0.2) is 4.98 Å². The van der Waals surface area contributed by atoms with Crippen molar-refractivity contribution in [2.75, 3.05) is 11.9 Å². The van der Waals surface area contributed by atoms with Crippen molar-refractivity contribution in [1.82, 2.24) is 4.98 Å². The summed E-state index contributed by atoms with van der Waals surface area (Å²) in [7, 11) is 0. The Kier molecular flexibility index (Phi) is 5.27. The predicted octanol–water partition coefficient (Wildman–Crippen LogP) is 5.75. The van der Waals surface area contributed by atoms with E-state index in [1.165, 1.54) is 0 Å². The third kappa shape index (κ3) is 4.20. The normalized spacial score (nSPS) is 10.9. The Balaban J connectivity index is 1.50. The number of nitrogens with one attached hydrogen (secondary N) is 1. The molecule has 0 fully saturated rings. The molecule has 0 saturated heterocycles. The van der Waals surface area contributed by atoms with Gasteiger partial charge in [-0.05, 0) is 74.7 Å². The molecule has 5 heteroatoms. The van der Waals surface area contributed by atoms with E-state index in [2.05, 4.69) is 10.3 Å². The standard InChI is InChI=1S/C25H24N2O3/c1-15-5-9-22(18(4)11-15)29-14-24(28)26-20-13-19(8-7-17(20)3)25-27-21-12-16(2)6-10-23(21)30-25/h5-13H,14H2,1-4H3,(H,26,28). The van der Waals surface area contributed by atoms with Crippen LogP contribution < -0.4 is 10.1 Å². The summed E-state index contributed by atoms with van der Waals surface area (Å²) in [5.41, 5.74) is 7.31. The lowest BCUT2D eigenvalue weighted by atomic mass is 10.1. The molecule has 1 amide bonds. The number of hydrogen-bond donors (Lipinski definition) is 1. The molecule has 0 radical (unpaired) electrons. The van der Waals surface area contributed by atoms with Crippen molar-refractivity contribution in [3.8, 4) is 17.2 Å². The number of aryl methyl sites for hydroxylation is 4. The van der Waals surface area contributed by atoms with Crippen molar-refractivity contribution in [3.05, 3.63) is 76.9 Å². The Bertz CT molecular complexity index is 1240. The van der Waals surface area contributed by atoms with Gasteiger partial charge in [-0.1, -0.05) is 29.8 Å². The van der Waals surface area contributed by atoms with Crippen LogP contribution in [0.1, 0.15) is 22.3 Å². The summed E-state index contributed by atoms with van der Waals surface area (Å²) in [5.74, 6) is 1.02. The highest BCUT2D eigenvalue weighted by atomic mass is 16.5. The maximum absolute atomic E-state index is 12.5. The SMILES string of the molecule is Cc1ccc(OCC(=O)Nc2cc(-c3nc4cc(C)ccc4o3)ccc2C)c(C)c1. The van der Waals surface area contributed by atoms with E-state index in [1.54, 1.807) is 0 Å². The van der Waals surface area contributed by atoms with Crippen LogP contribution in [0.2, 0.25) is 0 Å². The number of carbonyl (C=O) groups excluding carboxylic acids is 1. The van der Waals surface area contributed by atoms with E-state index < -0.39 is 0 Å². The summed E-state index contributed by atoms with van der Waals surface area (Å²) < 4.78 is 11.6. The van der Waals surface area contributed by atoms with Gasteiger partial charge in [0.15, 0.2) is 12.2 Å². The molecule has 0 atom stereocenters. The number of ether oxygens (including phenoxy) is 1. The number of hydrogen-bond acceptors (Lipinski definition) is 4. The van der Waals surface area contributed by atoms with Gasteiger partial charge >= 0.3 is 0 Å². The molecule has 1 N–H and O–H groups in total. The van der Waals surface area contributed by atoms with Gasteiger partial charge in [0.1, 0.15) is 11.3 Å². The van der Waals surface area contributed by atoms with Crippen LogP contribution in [0.3, 0.4) is 0 Å². The molecule has 4 aromatic rings. The van der Waals surface area contributed by atoms with E-state index in [0.717, 1.165) is 38.9 Å². The lowest BCUT2D eigenvalue weighted by Crippen LogP contribution is -2.21. The van der Waals surface area contributed by atoms with Gasteiger partial charge < -0.3 is 14.5 Å². The second kappa shape index (κ2) is 8.03. The van der Waals surface area contributed by atoms with E-state index in [9.17, 15) is 4.79 Å². The molecule has 0 saturated carbocycles. The highest BCUT2D eigenvalue weighted by molar-refractivity contribution is 5.93. The Labute approximate surface area is 175 Å². The Morgan fingerprint density at radius 2 is 1.70 bits per heavy atom. The zero-order valence-electron chi connectivity index (χ0n) is 17.6. The van der Waals surface area contributed by atoms with Gasteiger partial charge in [-0.3, -0.25) is 4.79 Å². The molecule has 0 aliphatic heterocycles. The number of oxazole rings is 1. The topological polar surface area (TPSA) is 64.4 Å². The Hall–Kier alpha value is -3.60. The first-order valence-corrected chi connectivity index (χ1v) is 9.87. The summed E-state index contributed by atoms with van der Waals surface area (Å²) >= 11 is 0. The minimum Gasteiger partial charge on any atom is -0.483 e. The fourth-order valence-corrected chi connectivity index (χ4v) is 3.34. The van der Waals surface area contributed by atoms with Gasteiger partial charge in [-0.15, -0.1) is 0 Å². The van der Waals surface area contributed by atoms with Crippen molar-refractivity contribution >= 4 is 22.7 Å². The molecule has 4 rings (SSSR count). The van der Waals surface area contributed by atoms with E-state index in [0.29, 0.717) is 17.3 Å². The first-order valence-electron chi connectivity index (χ1n) is 9.87. The van der Waals surface area contributed by atoms with Crippen LogP contribution in [0.25, 0.3) is 22.6 Å². The molecule has 5 nitrogen and oxygen atoms in total. The lowest BCUT2D eigenvalue weighted by Gasteiger charge is -2.12. The molecular formula is C25H24N2O3. The molecule has 0 aliphatic carbocycles. The number of amides is 1. The molecule has 3 aromatic carbocycles. The number of fused-ring (bicyclic) bond motifs is 1. The molecule has 30 heavy (non-hydrogen) atoms. The van der Waals surface area contributed by atoms with Crippen LogP contribution in [-0.4, -0.2) is 17.5 Å². The predicted molar refractivity (Wildman–Crippen MR) is 119 cm³/mol. The smallest absolute Gasteiger partial charge is 0.262 e. The molecule has 0 aliphatic rings. The fraction of sp³-hybridized carbons (Fsp3) is 0.200. The molecule has 152 valence electrons. The van der Waals surface area contributed by atoms with E-state index >= 15 is 0 Å². The molecular weight excluding hydrogens is 376 g/mol. The lowest BCUT2D eigenvalue weighted by molar-refractivity contribution is -0.118. The van der Waals surface area contributed by atoms with Crippen LogP contribution in [0.4, 0.5) is 5.69 Å². The number of benzene rings is 3. The van der Waals surface area contributed by atoms with Gasteiger partial charge in [-0.2, -0.15) is 0 Å². The average Bonchev–Trinajstić information content (AvgIpc) is 3.12. The second-order valence-electron chi connectivity index (χ2n) is 7.63. The Morgan fingerprint density at radius 1 is 0.933 bits per heavy atom. The van der Waals surface area contributed by atoms with Crippen molar-refractivity contribution in [1.29, 1.82) is 0 Å². The largest absolute Gasteiger partial charge is 0.483 e. The van der Waals surface area contributed by atoms with Crippen LogP contribution in [0.15, 0.2) is 59.0 Å². The molecule has 1 aromatic heterocycles. The van der Waals surface area contributed by atoms with Gasteiger partial charge in [0, 0.05) is 11.3 Å². The van der Waals surface area contributed by atoms with Crippen LogP contribution in [0, 0.1) is 27.7 Å². The van der Waals surface area contributed by atoms with Crippen LogP contribution >= 0.6 is 0 Å². The fourth-order valence-electron chi connectivity index (χ4n) is 3.34. The van der Waals surface area contributed by atoms with Gasteiger partial charge in [0.05, 0.1) is 0 Å². The first-order chi connectivity index (χ1) is 14.4. The van der Waals surface area contributed by atoms with E-state index in [4.69, 9.17) is 9.15 Å². The highest BCUT2D eigenvalue weighted by Gasteiger charge is 2.12. The molecule has 1 heterocycles. The average molecular weight is 400 g/mol. The number of nitrogens with zero attached hydrogens (tertiary/aromatic N) is 1. The van der Waals surface area contributed by atoms with Gasteiger partial charge in [0.2, 0.25) is 5.89 Å². The molecule has 0 spiro atoms. The Morgan fingerprint density at radius 3 is 2.50 bits per heavy atom. The molecule has 0 bridgehead atoms. The summed E-state index contributed by atoms with van der Waals surface area (Å²) in [6, 6.07) is 17.5. The third-order valence-electron chi connectivity index (χ3n) is 4.99. The van der Waals surface area contributed by atoms with E-state index in [1.807, 2.05) is 82.3 Å². The highest BCUT2D eigenvalue weighted by Crippen LogP contribution is 2.28. The number of carbonyl (C=O) groups is 1. The number of anilines is 1. The zero-order chi connectivity index (χ0) is 21.3. The summed E-state index contributed by atoms with van der Waals surface area (Å²) in [5, 5.41) is 2.93. The van der Waals surface area contributed by atoms with Crippen LogP contribution in [-0.2, 0) is 4.79 Å². The summed E-state index contributed by atoms with van der Waals surface area (Å²) in [4.78, 5) is 17.0. The second-order valence-corrected chi connectivity index (χ2v) is 7.63. The minimum atomic E-state index is -0.219. The van der Waals surface area contributed by atoms with Crippen LogP contribution in [0.5, 0.6) is 5.75 Å². The first kappa shape index (κ1) is 19.7. The summed E-state index contributed by atoms with van der Waals surface area (Å²) in [6.45, 7) is 7.90. The van der Waals surface area contributed by atoms with Crippen molar-refractivity contribution < 1.29 is 13.9 Å². The summed E-state index contributed by atoms with van der Waals surface area (Å²) in [6.07, 6.45) is 0. The number of rotatable bonds is 5. The van der Waals surface area contributed by atoms with Crippen molar-refractivity contribution in [2.24, 2.45) is 0 Å². The maximum Gasteiger partial charge on any atom is 0.262 e. The van der Waals surface area contributed by atoms with Crippen molar-refractivity contribution in [3.63, 3.8) is 0 Å². The third-order valence-corrected chi connectivity index (χ3v) is 4.99. The minimum absolute atomic E-state index is 0.0598. The molecule has 0 unspecified atom stereocenters. The monoisotopic (exact) mass is 400 g/mol. The number of aromatic nitrogens is 1. The van der Waals surface area contributed by atoms with Crippen molar-refractivity contribution in [2.45, 2.75) is 27.7 Å². The zero-order valence-corrected chi connectivity index (χ0v) is 17.6. The quantitative estimate of drug-likeness (QED) is 0.463. The van der Waals surface area contributed by atoms with E-state index in [-0.39, 0.29) is 12.5 Å². The van der Waals surface area contributed by atoms with Gasteiger partial charge in [0.25, 0.3) is 5.91 Å².